The third-order valence-corrected chi connectivity index (χ3v) is 3.99. The topological polar surface area (TPSA) is 90.0 Å². The van der Waals surface area contributed by atoms with Gasteiger partial charge in [0.2, 0.25) is 5.91 Å². The lowest BCUT2D eigenvalue weighted by atomic mass is 10.3. The fourth-order valence-corrected chi connectivity index (χ4v) is 2.65. The van der Waals surface area contributed by atoms with Gasteiger partial charge in [0, 0.05) is 31.6 Å². The van der Waals surface area contributed by atoms with E-state index in [9.17, 15) is 14.4 Å². The largest absolute Gasteiger partial charge is 0.480 e. The highest BCUT2D eigenvalue weighted by Crippen LogP contribution is 2.16. The normalized spacial score (nSPS) is 18.8. The summed E-state index contributed by atoms with van der Waals surface area (Å²) in [5.74, 6) is -0.126. The Bertz CT molecular complexity index is 364. The number of rotatable bonds is 4. The highest BCUT2D eigenvalue weighted by Gasteiger charge is 2.32. The van der Waals surface area contributed by atoms with Gasteiger partial charge in [0.25, 0.3) is 0 Å². The molecule has 19 heavy (non-hydrogen) atoms. The van der Waals surface area contributed by atoms with Crippen LogP contribution in [0.25, 0.3) is 0 Å². The highest BCUT2D eigenvalue weighted by atomic mass is 32.2. The summed E-state index contributed by atoms with van der Waals surface area (Å²) in [5, 5.41) is 11.5. The summed E-state index contributed by atoms with van der Waals surface area (Å²) in [6, 6.07) is -1.32. The number of thioether (sulfide) groups is 1. The van der Waals surface area contributed by atoms with E-state index in [1.165, 1.54) is 21.6 Å². The van der Waals surface area contributed by atoms with Crippen LogP contribution in [0.15, 0.2) is 0 Å². The molecule has 3 amide bonds. The summed E-state index contributed by atoms with van der Waals surface area (Å²) in [6.45, 7) is 2.67. The van der Waals surface area contributed by atoms with Gasteiger partial charge in [0.15, 0.2) is 0 Å². The molecular formula is C11H19N3O4S. The predicted octanol–water partition coefficient (Wildman–Crippen LogP) is -0.324. The van der Waals surface area contributed by atoms with Gasteiger partial charge in [-0.3, -0.25) is 4.79 Å². The Labute approximate surface area is 116 Å². The van der Waals surface area contributed by atoms with Crippen molar-refractivity contribution in [3.63, 3.8) is 0 Å². The standard InChI is InChI=1S/C11H19N3O4S/c1-3-13(2)9(15)6-12-11(18)14-4-5-19-7-8(14)10(16)17/h8H,3-7H2,1-2H3,(H,12,18)(H,16,17). The number of likely N-dealkylation sites (N-methyl/N-ethyl adjacent to an activating group) is 1. The van der Waals surface area contributed by atoms with E-state index in [1.807, 2.05) is 6.92 Å². The monoisotopic (exact) mass is 289 g/mol. The summed E-state index contributed by atoms with van der Waals surface area (Å²) < 4.78 is 0. The molecule has 7 nitrogen and oxygen atoms in total. The lowest BCUT2D eigenvalue weighted by molar-refractivity contribution is -0.141. The molecule has 1 atom stereocenters. The Morgan fingerprint density at radius 2 is 2.16 bits per heavy atom. The van der Waals surface area contributed by atoms with Crippen molar-refractivity contribution in [2.75, 3.05) is 38.2 Å². The molecular weight excluding hydrogens is 270 g/mol. The van der Waals surface area contributed by atoms with E-state index in [4.69, 9.17) is 5.11 Å². The minimum atomic E-state index is -1.01. The predicted molar refractivity (Wildman–Crippen MR) is 72.2 cm³/mol. The molecule has 1 fully saturated rings. The van der Waals surface area contributed by atoms with Crippen molar-refractivity contribution in [2.24, 2.45) is 0 Å². The third kappa shape index (κ3) is 4.30. The van der Waals surface area contributed by atoms with Gasteiger partial charge in [-0.25, -0.2) is 9.59 Å². The maximum Gasteiger partial charge on any atom is 0.327 e. The van der Waals surface area contributed by atoms with E-state index >= 15 is 0 Å². The number of urea groups is 1. The van der Waals surface area contributed by atoms with Gasteiger partial charge in [-0.05, 0) is 6.92 Å². The van der Waals surface area contributed by atoms with Crippen molar-refractivity contribution in [1.29, 1.82) is 0 Å². The van der Waals surface area contributed by atoms with Crippen LogP contribution in [0.4, 0.5) is 4.79 Å². The van der Waals surface area contributed by atoms with E-state index < -0.39 is 18.0 Å². The molecule has 108 valence electrons. The van der Waals surface area contributed by atoms with Gasteiger partial charge >= 0.3 is 12.0 Å². The Morgan fingerprint density at radius 3 is 2.74 bits per heavy atom. The zero-order valence-electron chi connectivity index (χ0n) is 11.1. The molecule has 1 aliphatic heterocycles. The molecule has 1 unspecified atom stereocenters. The van der Waals surface area contributed by atoms with Gasteiger partial charge in [0.1, 0.15) is 6.04 Å². The number of hydrogen-bond donors (Lipinski definition) is 2. The van der Waals surface area contributed by atoms with Crippen LogP contribution in [0.2, 0.25) is 0 Å². The number of aliphatic carboxylic acids is 1. The Balaban J connectivity index is 2.51. The first kappa shape index (κ1) is 15.6. The van der Waals surface area contributed by atoms with Crippen molar-refractivity contribution in [3.8, 4) is 0 Å². The number of hydrogen-bond acceptors (Lipinski definition) is 4. The smallest absolute Gasteiger partial charge is 0.327 e. The fourth-order valence-electron chi connectivity index (χ4n) is 1.62. The number of nitrogens with zero attached hydrogens (tertiary/aromatic N) is 2. The van der Waals surface area contributed by atoms with Gasteiger partial charge < -0.3 is 20.2 Å². The van der Waals surface area contributed by atoms with Crippen LogP contribution in [0.1, 0.15) is 6.92 Å². The van der Waals surface area contributed by atoms with E-state index in [1.54, 1.807) is 7.05 Å². The molecule has 0 aromatic heterocycles. The number of carboxylic acids is 1. The summed E-state index contributed by atoms with van der Waals surface area (Å²) in [7, 11) is 1.64. The molecule has 0 aromatic carbocycles. The first-order valence-corrected chi connectivity index (χ1v) is 7.21. The second-order valence-corrected chi connectivity index (χ2v) is 5.34. The van der Waals surface area contributed by atoms with Gasteiger partial charge in [-0.1, -0.05) is 0 Å². The molecule has 8 heteroatoms. The number of carboxylic acid groups (broad SMARTS) is 1. The SMILES string of the molecule is CCN(C)C(=O)CNC(=O)N1CCSCC1C(=O)O. The minimum Gasteiger partial charge on any atom is -0.480 e. The summed E-state index contributed by atoms with van der Waals surface area (Å²) in [6.07, 6.45) is 0. The molecule has 1 rings (SSSR count). The highest BCUT2D eigenvalue weighted by molar-refractivity contribution is 7.99. The number of nitrogens with one attached hydrogen (secondary N) is 1. The number of carbonyl (C=O) groups is 3. The van der Waals surface area contributed by atoms with Crippen molar-refractivity contribution >= 4 is 29.7 Å². The summed E-state index contributed by atoms with van der Waals surface area (Å²) in [4.78, 5) is 37.3. The van der Waals surface area contributed by atoms with Gasteiger partial charge in [-0.15, -0.1) is 0 Å². The van der Waals surface area contributed by atoms with Crippen LogP contribution >= 0.6 is 11.8 Å². The first-order chi connectivity index (χ1) is 8.97. The lowest BCUT2D eigenvalue weighted by Crippen LogP contribution is -2.54. The quantitative estimate of drug-likeness (QED) is 0.740. The van der Waals surface area contributed by atoms with Crippen LogP contribution in [0, 0.1) is 0 Å². The average Bonchev–Trinajstić information content (AvgIpc) is 2.43. The van der Waals surface area contributed by atoms with E-state index in [0.29, 0.717) is 24.6 Å². The van der Waals surface area contributed by atoms with Gasteiger partial charge in [-0.2, -0.15) is 11.8 Å². The van der Waals surface area contributed by atoms with Crippen LogP contribution in [0.3, 0.4) is 0 Å². The van der Waals surface area contributed by atoms with Crippen LogP contribution < -0.4 is 5.32 Å². The second-order valence-electron chi connectivity index (χ2n) is 4.19. The molecule has 1 saturated heterocycles. The number of carbonyl (C=O) groups excluding carboxylic acids is 2. The molecule has 0 aliphatic carbocycles. The Morgan fingerprint density at radius 1 is 1.47 bits per heavy atom. The molecule has 0 bridgehead atoms. The zero-order chi connectivity index (χ0) is 14.4. The maximum atomic E-state index is 11.9. The van der Waals surface area contributed by atoms with Crippen molar-refractivity contribution in [1.82, 2.24) is 15.1 Å². The van der Waals surface area contributed by atoms with E-state index in [-0.39, 0.29) is 12.5 Å². The molecule has 1 aliphatic rings. The molecule has 0 saturated carbocycles. The third-order valence-electron chi connectivity index (χ3n) is 2.97. The number of amides is 3. The zero-order valence-corrected chi connectivity index (χ0v) is 11.9. The molecule has 0 aromatic rings. The van der Waals surface area contributed by atoms with Crippen LogP contribution in [-0.2, 0) is 9.59 Å². The first-order valence-electron chi connectivity index (χ1n) is 6.06. The second kappa shape index (κ2) is 7.22. The summed E-state index contributed by atoms with van der Waals surface area (Å²) >= 11 is 1.51. The maximum absolute atomic E-state index is 11.9. The summed E-state index contributed by atoms with van der Waals surface area (Å²) in [5.41, 5.74) is 0. The van der Waals surface area contributed by atoms with E-state index in [2.05, 4.69) is 5.32 Å². The Kier molecular flexibility index (Phi) is 5.94. The van der Waals surface area contributed by atoms with Gasteiger partial charge in [0.05, 0.1) is 6.54 Å². The van der Waals surface area contributed by atoms with E-state index in [0.717, 1.165) is 0 Å². The molecule has 0 radical (unpaired) electrons. The van der Waals surface area contributed by atoms with Crippen molar-refractivity contribution in [2.45, 2.75) is 13.0 Å². The van der Waals surface area contributed by atoms with Crippen molar-refractivity contribution in [3.05, 3.63) is 0 Å². The average molecular weight is 289 g/mol. The lowest BCUT2D eigenvalue weighted by Gasteiger charge is -2.32. The van der Waals surface area contributed by atoms with Crippen LogP contribution in [0.5, 0.6) is 0 Å². The molecule has 0 spiro atoms. The minimum absolute atomic E-state index is 0.112. The fraction of sp³-hybridized carbons (Fsp3) is 0.727. The van der Waals surface area contributed by atoms with Crippen LogP contribution in [-0.4, -0.2) is 77.0 Å². The van der Waals surface area contributed by atoms with Crippen molar-refractivity contribution < 1.29 is 19.5 Å². The Hall–Kier alpha value is -1.44. The molecule has 1 heterocycles. The molecule has 2 N–H and O–H groups in total.